The standard InChI is InChI=1S/C57H109NO5/c1-3-5-7-9-11-13-15-16-23-26-30-33-37-41-45-49-55(60)54(53-59)58-56(61)50-46-42-38-34-31-27-24-21-19-17-18-20-22-25-28-32-36-40-44-48-52-63-57(62)51-47-43-39-35-29-14-12-10-8-6-4-2/h10,12,17,19,54-55,59-60H,3-9,11,13-16,18,20-53H2,1-2H3,(H,58,61)/b12-10-,19-17-. The number of carbonyl (C=O) groups is 2. The van der Waals surface area contributed by atoms with Crippen molar-refractivity contribution in [2.24, 2.45) is 0 Å². The van der Waals surface area contributed by atoms with Crippen LogP contribution in [0.4, 0.5) is 0 Å². The molecule has 3 N–H and O–H groups in total. The Bertz CT molecular complexity index is 982. The van der Waals surface area contributed by atoms with E-state index in [2.05, 4.69) is 43.5 Å². The van der Waals surface area contributed by atoms with Crippen LogP contribution in [0.2, 0.25) is 0 Å². The van der Waals surface area contributed by atoms with Crippen LogP contribution >= 0.6 is 0 Å². The zero-order valence-corrected chi connectivity index (χ0v) is 42.3. The lowest BCUT2D eigenvalue weighted by molar-refractivity contribution is -0.143. The molecular weight excluding hydrogens is 779 g/mol. The number of esters is 1. The molecule has 0 aliphatic carbocycles. The van der Waals surface area contributed by atoms with E-state index in [1.54, 1.807) is 0 Å². The van der Waals surface area contributed by atoms with Crippen molar-refractivity contribution in [3.8, 4) is 0 Å². The van der Waals surface area contributed by atoms with Gasteiger partial charge in [0.15, 0.2) is 0 Å². The van der Waals surface area contributed by atoms with Crippen LogP contribution < -0.4 is 5.32 Å². The van der Waals surface area contributed by atoms with E-state index < -0.39 is 12.1 Å². The molecule has 0 saturated carbocycles. The molecule has 2 atom stereocenters. The number of hydrogen-bond donors (Lipinski definition) is 3. The average Bonchev–Trinajstić information content (AvgIpc) is 3.28. The van der Waals surface area contributed by atoms with Crippen LogP contribution in [0.3, 0.4) is 0 Å². The highest BCUT2D eigenvalue weighted by Gasteiger charge is 2.20. The van der Waals surface area contributed by atoms with Gasteiger partial charge in [-0.2, -0.15) is 0 Å². The number of aliphatic hydroxyl groups is 2. The van der Waals surface area contributed by atoms with E-state index in [1.807, 2.05) is 0 Å². The van der Waals surface area contributed by atoms with Crippen molar-refractivity contribution in [2.75, 3.05) is 13.2 Å². The summed E-state index contributed by atoms with van der Waals surface area (Å²) in [5.41, 5.74) is 0. The molecule has 0 radical (unpaired) electrons. The normalized spacial score (nSPS) is 12.8. The third-order valence-electron chi connectivity index (χ3n) is 13.0. The third kappa shape index (κ3) is 49.6. The Morgan fingerprint density at radius 1 is 0.429 bits per heavy atom. The Kier molecular flexibility index (Phi) is 51.6. The second-order valence-corrected chi connectivity index (χ2v) is 19.3. The highest BCUT2D eigenvalue weighted by Crippen LogP contribution is 2.17. The first-order chi connectivity index (χ1) is 31.0. The summed E-state index contributed by atoms with van der Waals surface area (Å²) in [6.45, 7) is 4.91. The lowest BCUT2D eigenvalue weighted by atomic mass is 10.0. The first-order valence-electron chi connectivity index (χ1n) is 28.1. The van der Waals surface area contributed by atoms with Crippen LogP contribution in [0.25, 0.3) is 0 Å². The van der Waals surface area contributed by atoms with Gasteiger partial charge in [-0.1, -0.05) is 244 Å². The van der Waals surface area contributed by atoms with Gasteiger partial charge in [-0.15, -0.1) is 0 Å². The molecule has 6 heteroatoms. The Labute approximate surface area is 392 Å². The molecule has 0 bridgehead atoms. The van der Waals surface area contributed by atoms with E-state index in [4.69, 9.17) is 4.74 Å². The minimum absolute atomic E-state index is 0.00487. The molecule has 0 fully saturated rings. The zero-order chi connectivity index (χ0) is 45.8. The molecule has 6 nitrogen and oxygen atoms in total. The first kappa shape index (κ1) is 61.3. The highest BCUT2D eigenvalue weighted by atomic mass is 16.5. The number of unbranched alkanes of at least 4 members (excludes halogenated alkanes) is 37. The van der Waals surface area contributed by atoms with Crippen molar-refractivity contribution in [1.82, 2.24) is 5.32 Å². The van der Waals surface area contributed by atoms with Crippen molar-refractivity contribution in [1.29, 1.82) is 0 Å². The molecule has 1 amide bonds. The molecule has 0 heterocycles. The van der Waals surface area contributed by atoms with Crippen molar-refractivity contribution in [2.45, 2.75) is 315 Å². The molecule has 0 aliphatic rings. The van der Waals surface area contributed by atoms with Gasteiger partial charge in [-0.05, 0) is 70.6 Å². The fraction of sp³-hybridized carbons (Fsp3) is 0.895. The van der Waals surface area contributed by atoms with Gasteiger partial charge < -0.3 is 20.3 Å². The fourth-order valence-electron chi connectivity index (χ4n) is 8.62. The molecule has 0 aromatic heterocycles. The summed E-state index contributed by atoms with van der Waals surface area (Å²) < 4.78 is 5.45. The maximum Gasteiger partial charge on any atom is 0.305 e. The van der Waals surface area contributed by atoms with Crippen LogP contribution in [-0.4, -0.2) is 47.4 Å². The number of ether oxygens (including phenoxy) is 1. The summed E-state index contributed by atoms with van der Waals surface area (Å²) in [4.78, 5) is 24.4. The Hall–Kier alpha value is -1.66. The van der Waals surface area contributed by atoms with Crippen LogP contribution in [0.1, 0.15) is 303 Å². The van der Waals surface area contributed by atoms with Crippen LogP contribution in [-0.2, 0) is 14.3 Å². The van der Waals surface area contributed by atoms with Crippen molar-refractivity contribution in [3.63, 3.8) is 0 Å². The number of rotatable bonds is 52. The zero-order valence-electron chi connectivity index (χ0n) is 42.3. The van der Waals surface area contributed by atoms with Gasteiger partial charge in [0.25, 0.3) is 0 Å². The van der Waals surface area contributed by atoms with Crippen molar-refractivity contribution >= 4 is 11.9 Å². The molecule has 0 saturated heterocycles. The van der Waals surface area contributed by atoms with E-state index in [-0.39, 0.29) is 18.5 Å². The maximum absolute atomic E-state index is 12.5. The molecule has 63 heavy (non-hydrogen) atoms. The van der Waals surface area contributed by atoms with Crippen LogP contribution in [0.5, 0.6) is 0 Å². The minimum atomic E-state index is -0.669. The lowest BCUT2D eigenvalue weighted by Gasteiger charge is -2.22. The summed E-state index contributed by atoms with van der Waals surface area (Å²) >= 11 is 0. The monoisotopic (exact) mass is 888 g/mol. The summed E-state index contributed by atoms with van der Waals surface area (Å²) in [7, 11) is 0. The molecule has 2 unspecified atom stereocenters. The van der Waals surface area contributed by atoms with Crippen LogP contribution in [0, 0.1) is 0 Å². The Morgan fingerprint density at radius 3 is 1.17 bits per heavy atom. The maximum atomic E-state index is 12.5. The van der Waals surface area contributed by atoms with Crippen LogP contribution in [0.15, 0.2) is 24.3 Å². The van der Waals surface area contributed by atoms with E-state index >= 15 is 0 Å². The Balaban J connectivity index is 3.44. The largest absolute Gasteiger partial charge is 0.466 e. The summed E-state index contributed by atoms with van der Waals surface area (Å²) in [6, 6.07) is -0.547. The molecular formula is C57H109NO5. The predicted molar refractivity (Wildman–Crippen MR) is 273 cm³/mol. The SMILES string of the molecule is CCCC/C=C\CCCCCCCC(=O)OCCCCCCCCCCC/C=C\CCCCCCCCCC(=O)NC(CO)C(O)CCCCCCCCCCCCCCCCC. The Morgan fingerprint density at radius 2 is 0.762 bits per heavy atom. The fourth-order valence-corrected chi connectivity index (χ4v) is 8.62. The van der Waals surface area contributed by atoms with Gasteiger partial charge in [-0.3, -0.25) is 9.59 Å². The van der Waals surface area contributed by atoms with Gasteiger partial charge in [0.2, 0.25) is 5.91 Å². The van der Waals surface area contributed by atoms with E-state index in [9.17, 15) is 19.8 Å². The van der Waals surface area contributed by atoms with Crippen molar-refractivity contribution in [3.05, 3.63) is 24.3 Å². The molecule has 0 rings (SSSR count). The lowest BCUT2D eigenvalue weighted by Crippen LogP contribution is -2.45. The number of nitrogens with one attached hydrogen (secondary N) is 1. The topological polar surface area (TPSA) is 95.9 Å². The van der Waals surface area contributed by atoms with Gasteiger partial charge in [0.05, 0.1) is 25.4 Å². The summed E-state index contributed by atoms with van der Waals surface area (Å²) in [6.07, 6.45) is 63.0. The summed E-state index contributed by atoms with van der Waals surface area (Å²) in [5.74, 6) is -0.0476. The first-order valence-corrected chi connectivity index (χ1v) is 28.1. The van der Waals surface area contributed by atoms with E-state index in [0.717, 1.165) is 44.9 Å². The number of carbonyl (C=O) groups excluding carboxylic acids is 2. The average molecular weight is 889 g/mol. The predicted octanol–water partition coefficient (Wildman–Crippen LogP) is 17.1. The second kappa shape index (κ2) is 53.0. The summed E-state index contributed by atoms with van der Waals surface area (Å²) in [5, 5.41) is 23.3. The number of hydrogen-bond acceptors (Lipinski definition) is 5. The van der Waals surface area contributed by atoms with Gasteiger partial charge in [0, 0.05) is 12.8 Å². The molecule has 372 valence electrons. The molecule has 0 aliphatic heterocycles. The minimum Gasteiger partial charge on any atom is -0.466 e. The molecule has 0 aromatic rings. The third-order valence-corrected chi connectivity index (χ3v) is 13.0. The molecule has 0 aromatic carbocycles. The number of amides is 1. The smallest absolute Gasteiger partial charge is 0.305 e. The van der Waals surface area contributed by atoms with Gasteiger partial charge in [-0.25, -0.2) is 0 Å². The number of allylic oxidation sites excluding steroid dienone is 4. The van der Waals surface area contributed by atoms with Crippen molar-refractivity contribution < 1.29 is 24.5 Å². The van der Waals surface area contributed by atoms with E-state index in [1.165, 1.54) is 225 Å². The van der Waals surface area contributed by atoms with Gasteiger partial charge >= 0.3 is 5.97 Å². The highest BCUT2D eigenvalue weighted by molar-refractivity contribution is 5.76. The molecule has 0 spiro atoms. The van der Waals surface area contributed by atoms with Gasteiger partial charge in [0.1, 0.15) is 0 Å². The second-order valence-electron chi connectivity index (χ2n) is 19.3. The quantitative estimate of drug-likeness (QED) is 0.0321. The van der Waals surface area contributed by atoms with E-state index in [0.29, 0.717) is 25.9 Å². The number of aliphatic hydroxyl groups excluding tert-OH is 2.